The first-order chi connectivity index (χ1) is 7.77. The molecular weight excluding hydrogens is 208 g/mol. The maximum atomic E-state index is 11.5. The third-order valence-electron chi connectivity index (χ3n) is 2.20. The number of carbonyl (C=O) groups is 1. The Balaban J connectivity index is 2.13. The molecule has 0 N–H and O–H groups in total. The van der Waals surface area contributed by atoms with E-state index in [9.17, 15) is 4.79 Å². The van der Waals surface area contributed by atoms with Gasteiger partial charge in [-0.15, -0.1) is 0 Å². The van der Waals surface area contributed by atoms with Crippen LogP contribution >= 0.6 is 0 Å². The molecule has 1 aliphatic rings. The van der Waals surface area contributed by atoms with E-state index in [1.165, 1.54) is 0 Å². The van der Waals surface area contributed by atoms with Gasteiger partial charge in [-0.2, -0.15) is 0 Å². The SMILES string of the molecule is CCCOc1ccc(C(=O)OCC)c2c1O2. The van der Waals surface area contributed by atoms with Gasteiger partial charge in [0.1, 0.15) is 5.56 Å². The molecule has 86 valence electrons. The Kier molecular flexibility index (Phi) is 2.99. The highest BCUT2D eigenvalue weighted by atomic mass is 16.6. The summed E-state index contributed by atoms with van der Waals surface area (Å²) in [5.74, 6) is 1.61. The molecule has 1 aromatic carbocycles. The van der Waals surface area contributed by atoms with E-state index in [2.05, 4.69) is 0 Å². The van der Waals surface area contributed by atoms with Crippen LogP contribution in [0, 0.1) is 0 Å². The molecule has 16 heavy (non-hydrogen) atoms. The maximum absolute atomic E-state index is 11.5. The Morgan fingerprint density at radius 1 is 1.31 bits per heavy atom. The Hall–Kier alpha value is -1.71. The van der Waals surface area contributed by atoms with Gasteiger partial charge in [0.05, 0.1) is 13.2 Å². The van der Waals surface area contributed by atoms with E-state index in [0.29, 0.717) is 36.0 Å². The molecule has 0 amide bonds. The number of fused-ring (bicyclic) bond motifs is 1. The van der Waals surface area contributed by atoms with Crippen molar-refractivity contribution in [1.29, 1.82) is 0 Å². The Labute approximate surface area is 94.1 Å². The van der Waals surface area contributed by atoms with Crippen LogP contribution in [0.15, 0.2) is 12.1 Å². The van der Waals surface area contributed by atoms with E-state index >= 15 is 0 Å². The van der Waals surface area contributed by atoms with E-state index in [0.717, 1.165) is 6.42 Å². The average Bonchev–Trinajstić information content (AvgIpc) is 3.05. The normalized spacial score (nSPS) is 11.4. The largest absolute Gasteiger partial charge is 0.490 e. The first kappa shape index (κ1) is 10.8. The Morgan fingerprint density at radius 3 is 2.81 bits per heavy atom. The van der Waals surface area contributed by atoms with Crippen LogP contribution in [-0.2, 0) is 4.74 Å². The van der Waals surface area contributed by atoms with Crippen molar-refractivity contribution in [3.8, 4) is 17.2 Å². The summed E-state index contributed by atoms with van der Waals surface area (Å²) in [4.78, 5) is 11.5. The number of hydrogen-bond donors (Lipinski definition) is 0. The molecule has 0 saturated heterocycles. The van der Waals surface area contributed by atoms with Gasteiger partial charge in [0.25, 0.3) is 0 Å². The molecule has 0 aromatic heterocycles. The number of benzene rings is 1. The fourth-order valence-electron chi connectivity index (χ4n) is 1.42. The highest BCUT2D eigenvalue weighted by Gasteiger charge is 2.33. The van der Waals surface area contributed by atoms with Crippen molar-refractivity contribution in [2.24, 2.45) is 0 Å². The summed E-state index contributed by atoms with van der Waals surface area (Å²) in [5, 5.41) is 0. The lowest BCUT2D eigenvalue weighted by Crippen LogP contribution is -2.03. The van der Waals surface area contributed by atoms with Crippen molar-refractivity contribution in [3.63, 3.8) is 0 Å². The zero-order chi connectivity index (χ0) is 11.5. The summed E-state index contributed by atoms with van der Waals surface area (Å²) >= 11 is 0. The number of esters is 1. The molecule has 4 heteroatoms. The van der Waals surface area contributed by atoms with Gasteiger partial charge in [-0.25, -0.2) is 4.79 Å². The van der Waals surface area contributed by atoms with E-state index in [4.69, 9.17) is 14.2 Å². The van der Waals surface area contributed by atoms with Crippen LogP contribution in [0.2, 0.25) is 0 Å². The molecule has 1 aliphatic heterocycles. The average molecular weight is 222 g/mol. The lowest BCUT2D eigenvalue weighted by atomic mass is 10.2. The van der Waals surface area contributed by atoms with Gasteiger partial charge in [-0.3, -0.25) is 0 Å². The smallest absolute Gasteiger partial charge is 0.342 e. The zero-order valence-electron chi connectivity index (χ0n) is 9.41. The van der Waals surface area contributed by atoms with E-state index in [1.807, 2.05) is 6.92 Å². The molecule has 1 heterocycles. The Bertz CT molecular complexity index is 412. The summed E-state index contributed by atoms with van der Waals surface area (Å²) in [5.41, 5.74) is 0.473. The van der Waals surface area contributed by atoms with E-state index in [-0.39, 0.29) is 5.97 Å². The molecule has 0 radical (unpaired) electrons. The molecule has 4 nitrogen and oxygen atoms in total. The van der Waals surface area contributed by atoms with Crippen molar-refractivity contribution in [2.45, 2.75) is 20.3 Å². The number of rotatable bonds is 5. The summed E-state index contributed by atoms with van der Waals surface area (Å²) in [6.45, 7) is 4.82. The number of carbonyl (C=O) groups excluding carboxylic acids is 1. The van der Waals surface area contributed by atoms with Crippen molar-refractivity contribution < 1.29 is 19.0 Å². The van der Waals surface area contributed by atoms with Crippen LogP contribution in [-0.4, -0.2) is 19.2 Å². The molecular formula is C12H14O4. The van der Waals surface area contributed by atoms with Gasteiger partial charge >= 0.3 is 5.97 Å². The standard InChI is InChI=1S/C12H14O4/c1-3-7-15-9-6-5-8(10-11(9)16-10)12(13)14-4-2/h5-6H,3-4,7H2,1-2H3. The molecule has 0 aliphatic carbocycles. The molecule has 1 aromatic rings. The number of hydrogen-bond acceptors (Lipinski definition) is 4. The molecule has 0 spiro atoms. The third-order valence-corrected chi connectivity index (χ3v) is 2.20. The maximum Gasteiger partial charge on any atom is 0.342 e. The second-order valence-electron chi connectivity index (χ2n) is 3.44. The molecule has 2 rings (SSSR count). The zero-order valence-corrected chi connectivity index (χ0v) is 9.41. The second kappa shape index (κ2) is 4.43. The molecule has 0 saturated carbocycles. The van der Waals surface area contributed by atoms with Crippen LogP contribution in [0.1, 0.15) is 30.6 Å². The quantitative estimate of drug-likeness (QED) is 0.576. The van der Waals surface area contributed by atoms with Crippen LogP contribution in [0.3, 0.4) is 0 Å². The Morgan fingerprint density at radius 2 is 2.12 bits per heavy atom. The van der Waals surface area contributed by atoms with Gasteiger partial charge in [0.2, 0.25) is 5.75 Å². The summed E-state index contributed by atoms with van der Waals surface area (Å²) in [6.07, 6.45) is 0.939. The minimum Gasteiger partial charge on any atom is -0.490 e. The minimum atomic E-state index is -0.349. The summed E-state index contributed by atoms with van der Waals surface area (Å²) < 4.78 is 15.6. The van der Waals surface area contributed by atoms with Crippen LogP contribution < -0.4 is 9.47 Å². The first-order valence-corrected chi connectivity index (χ1v) is 5.42. The first-order valence-electron chi connectivity index (χ1n) is 5.42. The lowest BCUT2D eigenvalue weighted by Gasteiger charge is -2.02. The van der Waals surface area contributed by atoms with Crippen molar-refractivity contribution in [1.82, 2.24) is 0 Å². The van der Waals surface area contributed by atoms with Crippen molar-refractivity contribution in [2.75, 3.05) is 13.2 Å². The predicted octanol–water partition coefficient (Wildman–Crippen LogP) is 2.76. The topological polar surface area (TPSA) is 48.1 Å². The van der Waals surface area contributed by atoms with Gasteiger partial charge in [-0.05, 0) is 25.5 Å². The molecule has 0 unspecified atom stereocenters. The highest BCUT2D eigenvalue weighted by Crippen LogP contribution is 2.55. The summed E-state index contributed by atoms with van der Waals surface area (Å²) in [7, 11) is 0. The number of ether oxygens (including phenoxy) is 3. The van der Waals surface area contributed by atoms with Crippen LogP contribution in [0.4, 0.5) is 0 Å². The third kappa shape index (κ3) is 1.96. The van der Waals surface area contributed by atoms with Gasteiger partial charge in [0, 0.05) is 0 Å². The fraction of sp³-hybridized carbons (Fsp3) is 0.417. The second-order valence-corrected chi connectivity index (χ2v) is 3.44. The molecule has 0 atom stereocenters. The van der Waals surface area contributed by atoms with Crippen LogP contribution in [0.5, 0.6) is 17.2 Å². The monoisotopic (exact) mass is 222 g/mol. The lowest BCUT2D eigenvalue weighted by molar-refractivity contribution is 0.0526. The highest BCUT2D eigenvalue weighted by molar-refractivity contribution is 5.96. The summed E-state index contributed by atoms with van der Waals surface area (Å²) in [6, 6.07) is 3.42. The van der Waals surface area contributed by atoms with E-state index in [1.54, 1.807) is 19.1 Å². The predicted molar refractivity (Wildman–Crippen MR) is 58.3 cm³/mol. The van der Waals surface area contributed by atoms with Crippen molar-refractivity contribution >= 4 is 5.97 Å². The van der Waals surface area contributed by atoms with Gasteiger partial charge < -0.3 is 14.2 Å². The fourth-order valence-corrected chi connectivity index (χ4v) is 1.42. The van der Waals surface area contributed by atoms with Crippen LogP contribution in [0.25, 0.3) is 0 Å². The van der Waals surface area contributed by atoms with Gasteiger partial charge in [-0.1, -0.05) is 6.92 Å². The van der Waals surface area contributed by atoms with Gasteiger partial charge in [0.15, 0.2) is 11.5 Å². The minimum absolute atomic E-state index is 0.349. The van der Waals surface area contributed by atoms with E-state index < -0.39 is 0 Å². The molecule has 0 bridgehead atoms. The van der Waals surface area contributed by atoms with Crippen molar-refractivity contribution in [3.05, 3.63) is 17.7 Å². The molecule has 0 fully saturated rings.